The Morgan fingerprint density at radius 3 is 2.71 bits per heavy atom. The third-order valence-electron chi connectivity index (χ3n) is 5.36. The van der Waals surface area contributed by atoms with Gasteiger partial charge in [0, 0.05) is 6.54 Å². The number of rotatable bonds is 5. The molecule has 0 radical (unpaired) electrons. The summed E-state index contributed by atoms with van der Waals surface area (Å²) in [5.41, 5.74) is 1.93. The maximum absolute atomic E-state index is 12.5. The normalized spacial score (nSPS) is 21.8. The second-order valence-corrected chi connectivity index (χ2v) is 7.07. The Hall–Kier alpha value is -1.55. The zero-order valence-electron chi connectivity index (χ0n) is 14.4. The summed E-state index contributed by atoms with van der Waals surface area (Å²) in [7, 11) is 0. The number of carbonyl (C=O) groups excluding carboxylic acids is 1. The summed E-state index contributed by atoms with van der Waals surface area (Å²) in [6, 6.07) is 5.51. The molecule has 1 amide bonds. The van der Waals surface area contributed by atoms with E-state index < -0.39 is 0 Å². The Balaban J connectivity index is 1.47. The number of benzene rings is 1. The minimum atomic E-state index is -0.140. The van der Waals surface area contributed by atoms with Crippen molar-refractivity contribution in [3.05, 3.63) is 29.3 Å². The fourth-order valence-corrected chi connectivity index (χ4v) is 4.03. The smallest absolute Gasteiger partial charge is 0.227 e. The zero-order valence-corrected chi connectivity index (χ0v) is 14.4. The fourth-order valence-electron chi connectivity index (χ4n) is 4.03. The van der Waals surface area contributed by atoms with Crippen molar-refractivity contribution in [1.82, 2.24) is 5.32 Å². The minimum absolute atomic E-state index is 0.0611. The summed E-state index contributed by atoms with van der Waals surface area (Å²) in [6.45, 7) is 1.16. The lowest BCUT2D eigenvalue weighted by atomic mass is 9.82. The molecule has 4 nitrogen and oxygen atoms in total. The summed E-state index contributed by atoms with van der Waals surface area (Å²) in [4.78, 5) is 12.5. The quantitative estimate of drug-likeness (QED) is 0.639. The lowest BCUT2D eigenvalue weighted by Crippen LogP contribution is -2.34. The minimum Gasteiger partial charge on any atom is -0.508 e. The van der Waals surface area contributed by atoms with Crippen LogP contribution in [0.4, 0.5) is 0 Å². The number of hydrogen-bond acceptors (Lipinski definition) is 3. The number of carbonyl (C=O) groups is 1. The number of phenols is 1. The molecule has 24 heavy (non-hydrogen) atoms. The Bertz CT molecular complexity index is 550. The topological polar surface area (TPSA) is 58.6 Å². The first-order chi connectivity index (χ1) is 11.8. The van der Waals surface area contributed by atoms with Crippen LogP contribution in [0.1, 0.15) is 68.4 Å². The molecule has 2 N–H and O–H groups in total. The maximum Gasteiger partial charge on any atom is 0.227 e. The van der Waals surface area contributed by atoms with Crippen LogP contribution in [0.5, 0.6) is 5.75 Å². The molecule has 2 aliphatic carbocycles. The van der Waals surface area contributed by atoms with Gasteiger partial charge >= 0.3 is 0 Å². The molecule has 4 heteroatoms. The van der Waals surface area contributed by atoms with E-state index in [9.17, 15) is 9.90 Å². The van der Waals surface area contributed by atoms with E-state index in [4.69, 9.17) is 4.74 Å². The Labute approximate surface area is 144 Å². The number of phenolic OH excluding ortho intramolecular Hbond substituents is 1. The van der Waals surface area contributed by atoms with Gasteiger partial charge in [-0.1, -0.05) is 37.8 Å². The molecular weight excluding hydrogens is 302 g/mol. The van der Waals surface area contributed by atoms with Gasteiger partial charge in [-0.15, -0.1) is 0 Å². The summed E-state index contributed by atoms with van der Waals surface area (Å²) >= 11 is 0. The molecule has 0 heterocycles. The van der Waals surface area contributed by atoms with Crippen LogP contribution in [-0.4, -0.2) is 30.3 Å². The number of nitrogens with one attached hydrogen (secondary N) is 1. The van der Waals surface area contributed by atoms with E-state index >= 15 is 0 Å². The lowest BCUT2D eigenvalue weighted by molar-refractivity contribution is -0.123. The highest BCUT2D eigenvalue weighted by Crippen LogP contribution is 2.36. The highest BCUT2D eigenvalue weighted by molar-refractivity contribution is 5.84. The summed E-state index contributed by atoms with van der Waals surface area (Å²) in [5, 5.41) is 13.0. The highest BCUT2D eigenvalue weighted by atomic mass is 16.5. The van der Waals surface area contributed by atoms with E-state index in [2.05, 4.69) is 5.32 Å². The van der Waals surface area contributed by atoms with Gasteiger partial charge in [0.15, 0.2) is 0 Å². The maximum atomic E-state index is 12.5. The Kier molecular flexibility index (Phi) is 6.13. The predicted octanol–water partition coefficient (Wildman–Crippen LogP) is 3.67. The van der Waals surface area contributed by atoms with Crippen molar-refractivity contribution in [3.8, 4) is 5.75 Å². The monoisotopic (exact) mass is 331 g/mol. The molecule has 3 rings (SSSR count). The van der Waals surface area contributed by atoms with Crippen LogP contribution in [0.15, 0.2) is 18.2 Å². The van der Waals surface area contributed by atoms with Crippen molar-refractivity contribution in [1.29, 1.82) is 0 Å². The molecular formula is C20H29NO3. The molecule has 0 bridgehead atoms. The number of hydrogen-bond donors (Lipinski definition) is 2. The third-order valence-corrected chi connectivity index (χ3v) is 5.36. The van der Waals surface area contributed by atoms with Gasteiger partial charge in [0.1, 0.15) is 5.75 Å². The molecule has 1 fully saturated rings. The SMILES string of the molecule is O=C(NCCOC1CCCCCC1)C1CCCc2c(O)cccc21. The van der Waals surface area contributed by atoms with Crippen molar-refractivity contribution in [2.24, 2.45) is 0 Å². The molecule has 1 unspecified atom stereocenters. The van der Waals surface area contributed by atoms with Gasteiger partial charge in [0.05, 0.1) is 18.6 Å². The second-order valence-electron chi connectivity index (χ2n) is 7.07. The van der Waals surface area contributed by atoms with Crippen LogP contribution in [0.25, 0.3) is 0 Å². The summed E-state index contributed by atoms with van der Waals surface area (Å²) in [6.07, 6.45) is 10.5. The van der Waals surface area contributed by atoms with E-state index in [-0.39, 0.29) is 11.8 Å². The first kappa shape index (κ1) is 17.3. The van der Waals surface area contributed by atoms with Gasteiger partial charge < -0.3 is 15.2 Å². The van der Waals surface area contributed by atoms with Crippen molar-refractivity contribution in [2.75, 3.05) is 13.2 Å². The average molecular weight is 331 g/mol. The molecule has 132 valence electrons. The number of ether oxygens (including phenoxy) is 1. The van der Waals surface area contributed by atoms with Gasteiger partial charge in [-0.25, -0.2) is 0 Å². The van der Waals surface area contributed by atoms with Crippen LogP contribution in [-0.2, 0) is 16.0 Å². The van der Waals surface area contributed by atoms with Gasteiger partial charge in [0.25, 0.3) is 0 Å². The fraction of sp³-hybridized carbons (Fsp3) is 0.650. The van der Waals surface area contributed by atoms with Crippen LogP contribution in [0.2, 0.25) is 0 Å². The molecule has 1 atom stereocenters. The number of aromatic hydroxyl groups is 1. The lowest BCUT2D eigenvalue weighted by Gasteiger charge is -2.25. The van der Waals surface area contributed by atoms with Gasteiger partial charge in [-0.3, -0.25) is 4.79 Å². The van der Waals surface area contributed by atoms with Crippen molar-refractivity contribution in [2.45, 2.75) is 69.8 Å². The summed E-state index contributed by atoms with van der Waals surface area (Å²) in [5.74, 6) is 0.242. The number of amides is 1. The molecule has 1 aromatic carbocycles. The molecule has 1 saturated carbocycles. The second kappa shape index (κ2) is 8.52. The van der Waals surface area contributed by atoms with E-state index in [0.717, 1.165) is 43.2 Å². The van der Waals surface area contributed by atoms with Gasteiger partial charge in [-0.05, 0) is 49.3 Å². The zero-order chi connectivity index (χ0) is 16.8. The highest BCUT2D eigenvalue weighted by Gasteiger charge is 2.27. The van der Waals surface area contributed by atoms with Crippen molar-refractivity contribution < 1.29 is 14.6 Å². The first-order valence-corrected chi connectivity index (χ1v) is 9.46. The van der Waals surface area contributed by atoms with Crippen LogP contribution in [0.3, 0.4) is 0 Å². The van der Waals surface area contributed by atoms with Crippen LogP contribution < -0.4 is 5.32 Å². The van der Waals surface area contributed by atoms with E-state index in [1.807, 2.05) is 12.1 Å². The van der Waals surface area contributed by atoms with E-state index in [1.165, 1.54) is 25.7 Å². The molecule has 0 spiro atoms. The van der Waals surface area contributed by atoms with Gasteiger partial charge in [0.2, 0.25) is 5.91 Å². The Morgan fingerprint density at radius 2 is 1.92 bits per heavy atom. The molecule has 0 aliphatic heterocycles. The molecule has 0 aromatic heterocycles. The van der Waals surface area contributed by atoms with Crippen LogP contribution in [0, 0.1) is 0 Å². The van der Waals surface area contributed by atoms with E-state index in [1.54, 1.807) is 6.07 Å². The van der Waals surface area contributed by atoms with Crippen molar-refractivity contribution in [3.63, 3.8) is 0 Å². The average Bonchev–Trinajstić information content (AvgIpc) is 2.87. The Morgan fingerprint density at radius 1 is 1.12 bits per heavy atom. The molecule has 2 aliphatic rings. The molecule has 1 aromatic rings. The van der Waals surface area contributed by atoms with Gasteiger partial charge in [-0.2, -0.15) is 0 Å². The number of fused-ring (bicyclic) bond motifs is 1. The van der Waals surface area contributed by atoms with E-state index in [0.29, 0.717) is 25.0 Å². The first-order valence-electron chi connectivity index (χ1n) is 9.46. The predicted molar refractivity (Wildman–Crippen MR) is 94.2 cm³/mol. The largest absolute Gasteiger partial charge is 0.508 e. The molecule has 0 saturated heterocycles. The standard InChI is InChI=1S/C20H29NO3/c22-19-12-6-9-16-17(19)10-5-11-18(16)20(23)21-13-14-24-15-7-3-1-2-4-8-15/h6,9,12,15,18,22H,1-5,7-8,10-11,13-14H2,(H,21,23). The third kappa shape index (κ3) is 4.29. The summed E-state index contributed by atoms with van der Waals surface area (Å²) < 4.78 is 5.93. The van der Waals surface area contributed by atoms with Crippen molar-refractivity contribution >= 4 is 5.91 Å². The van der Waals surface area contributed by atoms with Crippen LogP contribution >= 0.6 is 0 Å².